The Balaban J connectivity index is 2.49. The highest BCUT2D eigenvalue weighted by molar-refractivity contribution is 5.64. The van der Waals surface area contributed by atoms with E-state index in [1.54, 1.807) is 0 Å². The van der Waals surface area contributed by atoms with Crippen LogP contribution < -0.4 is 5.73 Å². The molecule has 3 nitrogen and oxygen atoms in total. The first-order chi connectivity index (χ1) is 6.20. The molecule has 0 aliphatic carbocycles. The van der Waals surface area contributed by atoms with E-state index in [4.69, 9.17) is 10.5 Å². The fourth-order valence-corrected chi connectivity index (χ4v) is 1.08. The Hall–Kier alpha value is -1.51. The standard InChI is InChI=1S/C10H13NO2/c1-8(7-13-10(11)12)9-5-3-2-4-6-9/h2-6,8H,7H2,1H3,(H2,11,12). The number of primary amides is 1. The van der Waals surface area contributed by atoms with Crippen LogP contribution in [0.5, 0.6) is 0 Å². The molecule has 0 saturated heterocycles. The van der Waals surface area contributed by atoms with Gasteiger partial charge in [-0.3, -0.25) is 0 Å². The van der Waals surface area contributed by atoms with Crippen molar-refractivity contribution in [3.8, 4) is 0 Å². The van der Waals surface area contributed by atoms with Crippen LogP contribution in [0.2, 0.25) is 0 Å². The molecule has 1 atom stereocenters. The molecule has 0 spiro atoms. The maximum Gasteiger partial charge on any atom is 0.404 e. The lowest BCUT2D eigenvalue weighted by Crippen LogP contribution is -2.16. The van der Waals surface area contributed by atoms with Gasteiger partial charge in [-0.2, -0.15) is 0 Å². The monoisotopic (exact) mass is 179 g/mol. The molecule has 0 heterocycles. The zero-order valence-electron chi connectivity index (χ0n) is 7.57. The molecule has 0 aliphatic rings. The number of ether oxygens (including phenoxy) is 1. The van der Waals surface area contributed by atoms with E-state index in [9.17, 15) is 4.79 Å². The van der Waals surface area contributed by atoms with Gasteiger partial charge in [0.25, 0.3) is 0 Å². The summed E-state index contributed by atoms with van der Waals surface area (Å²) in [6.07, 6.45) is -0.720. The SMILES string of the molecule is CC(COC(N)=O)c1ccccc1. The highest BCUT2D eigenvalue weighted by Crippen LogP contribution is 2.14. The zero-order valence-corrected chi connectivity index (χ0v) is 7.57. The van der Waals surface area contributed by atoms with Crippen molar-refractivity contribution in [3.05, 3.63) is 35.9 Å². The Morgan fingerprint density at radius 2 is 2.08 bits per heavy atom. The average Bonchev–Trinajstić information content (AvgIpc) is 2.15. The summed E-state index contributed by atoms with van der Waals surface area (Å²) in [5.41, 5.74) is 6.00. The van der Waals surface area contributed by atoms with Gasteiger partial charge < -0.3 is 10.5 Å². The Morgan fingerprint density at radius 3 is 2.62 bits per heavy atom. The van der Waals surface area contributed by atoms with E-state index in [0.29, 0.717) is 6.61 Å². The van der Waals surface area contributed by atoms with E-state index < -0.39 is 6.09 Å². The second kappa shape index (κ2) is 4.50. The van der Waals surface area contributed by atoms with Gasteiger partial charge in [0.2, 0.25) is 0 Å². The minimum atomic E-state index is -0.720. The summed E-state index contributed by atoms with van der Waals surface area (Å²) in [7, 11) is 0. The third kappa shape index (κ3) is 3.15. The van der Waals surface area contributed by atoms with E-state index in [-0.39, 0.29) is 5.92 Å². The molecule has 1 unspecified atom stereocenters. The second-order valence-electron chi connectivity index (χ2n) is 2.94. The van der Waals surface area contributed by atoms with Crippen LogP contribution in [0.15, 0.2) is 30.3 Å². The number of amides is 1. The van der Waals surface area contributed by atoms with Crippen molar-refractivity contribution in [1.29, 1.82) is 0 Å². The maximum absolute atomic E-state index is 10.3. The molecule has 0 saturated carbocycles. The molecule has 3 heteroatoms. The van der Waals surface area contributed by atoms with Gasteiger partial charge in [-0.15, -0.1) is 0 Å². The van der Waals surface area contributed by atoms with Crippen LogP contribution in [-0.4, -0.2) is 12.7 Å². The summed E-state index contributed by atoms with van der Waals surface area (Å²) in [6.45, 7) is 2.32. The van der Waals surface area contributed by atoms with E-state index in [1.165, 1.54) is 0 Å². The molecule has 13 heavy (non-hydrogen) atoms. The molecule has 1 rings (SSSR count). The number of nitrogens with two attached hydrogens (primary N) is 1. The molecule has 1 aromatic carbocycles. The number of benzene rings is 1. The van der Waals surface area contributed by atoms with Crippen molar-refractivity contribution >= 4 is 6.09 Å². The van der Waals surface area contributed by atoms with Gasteiger partial charge in [0.05, 0.1) is 6.61 Å². The Kier molecular flexibility index (Phi) is 3.31. The molecular weight excluding hydrogens is 166 g/mol. The van der Waals surface area contributed by atoms with Gasteiger partial charge in [-0.05, 0) is 5.56 Å². The highest BCUT2D eigenvalue weighted by Gasteiger charge is 2.06. The fourth-order valence-electron chi connectivity index (χ4n) is 1.08. The van der Waals surface area contributed by atoms with E-state index >= 15 is 0 Å². The molecule has 70 valence electrons. The largest absolute Gasteiger partial charge is 0.449 e. The molecule has 0 aromatic heterocycles. The third-order valence-electron chi connectivity index (χ3n) is 1.84. The second-order valence-corrected chi connectivity index (χ2v) is 2.94. The average molecular weight is 179 g/mol. The summed E-state index contributed by atoms with van der Waals surface area (Å²) in [6, 6.07) is 9.85. The molecule has 0 radical (unpaired) electrons. The smallest absolute Gasteiger partial charge is 0.404 e. The highest BCUT2D eigenvalue weighted by atomic mass is 16.5. The van der Waals surface area contributed by atoms with Crippen LogP contribution in [0.4, 0.5) is 4.79 Å². The molecule has 2 N–H and O–H groups in total. The summed E-state index contributed by atoms with van der Waals surface area (Å²) < 4.78 is 4.70. The first kappa shape index (κ1) is 9.58. The van der Waals surface area contributed by atoms with Gasteiger partial charge in [0.1, 0.15) is 0 Å². The lowest BCUT2D eigenvalue weighted by atomic mass is 10.0. The molecule has 0 aliphatic heterocycles. The van der Waals surface area contributed by atoms with Crippen LogP contribution in [0.3, 0.4) is 0 Å². The predicted octanol–water partition coefficient (Wildman–Crippen LogP) is 1.89. The molecule has 0 fully saturated rings. The Morgan fingerprint density at radius 1 is 1.46 bits per heavy atom. The summed E-state index contributed by atoms with van der Waals surface area (Å²) >= 11 is 0. The van der Waals surface area contributed by atoms with Crippen LogP contribution >= 0.6 is 0 Å². The van der Waals surface area contributed by atoms with E-state index in [0.717, 1.165) is 5.56 Å². The van der Waals surface area contributed by atoms with Crippen molar-refractivity contribution < 1.29 is 9.53 Å². The van der Waals surface area contributed by atoms with E-state index in [2.05, 4.69) is 0 Å². The van der Waals surface area contributed by atoms with Gasteiger partial charge in [0.15, 0.2) is 0 Å². The van der Waals surface area contributed by atoms with Crippen LogP contribution in [-0.2, 0) is 4.74 Å². The summed E-state index contributed by atoms with van der Waals surface area (Å²) in [4.78, 5) is 10.3. The topological polar surface area (TPSA) is 52.3 Å². The van der Waals surface area contributed by atoms with Crippen LogP contribution in [0.1, 0.15) is 18.4 Å². The molecule has 0 bridgehead atoms. The minimum Gasteiger partial charge on any atom is -0.449 e. The Bertz CT molecular complexity index is 272. The quantitative estimate of drug-likeness (QED) is 0.770. The Labute approximate surface area is 77.5 Å². The lowest BCUT2D eigenvalue weighted by molar-refractivity contribution is 0.151. The first-order valence-corrected chi connectivity index (χ1v) is 4.17. The van der Waals surface area contributed by atoms with Gasteiger partial charge in [0, 0.05) is 5.92 Å². The lowest BCUT2D eigenvalue weighted by Gasteiger charge is -2.10. The van der Waals surface area contributed by atoms with Crippen molar-refractivity contribution in [2.75, 3.05) is 6.61 Å². The van der Waals surface area contributed by atoms with Gasteiger partial charge in [-0.25, -0.2) is 4.79 Å². The van der Waals surface area contributed by atoms with Crippen molar-refractivity contribution in [3.63, 3.8) is 0 Å². The third-order valence-corrected chi connectivity index (χ3v) is 1.84. The number of rotatable bonds is 3. The summed E-state index contributed by atoms with van der Waals surface area (Å²) in [5, 5.41) is 0. The first-order valence-electron chi connectivity index (χ1n) is 4.17. The minimum absolute atomic E-state index is 0.189. The van der Waals surface area contributed by atoms with Crippen molar-refractivity contribution in [2.45, 2.75) is 12.8 Å². The number of hydrogen-bond acceptors (Lipinski definition) is 2. The number of carbonyl (C=O) groups is 1. The molecule has 1 amide bonds. The molecule has 1 aromatic rings. The van der Waals surface area contributed by atoms with Crippen LogP contribution in [0.25, 0.3) is 0 Å². The number of carbonyl (C=O) groups excluding carboxylic acids is 1. The predicted molar refractivity (Wildman–Crippen MR) is 50.4 cm³/mol. The van der Waals surface area contributed by atoms with Gasteiger partial charge in [-0.1, -0.05) is 37.3 Å². The van der Waals surface area contributed by atoms with Crippen LogP contribution in [0, 0.1) is 0 Å². The maximum atomic E-state index is 10.3. The fraction of sp³-hybridized carbons (Fsp3) is 0.300. The van der Waals surface area contributed by atoms with Crippen molar-refractivity contribution in [2.24, 2.45) is 5.73 Å². The number of hydrogen-bond donors (Lipinski definition) is 1. The van der Waals surface area contributed by atoms with E-state index in [1.807, 2.05) is 37.3 Å². The normalized spacial score (nSPS) is 12.1. The summed E-state index contributed by atoms with van der Waals surface area (Å²) in [5.74, 6) is 0.189. The molecular formula is C10H13NO2. The zero-order chi connectivity index (χ0) is 9.68. The van der Waals surface area contributed by atoms with Gasteiger partial charge >= 0.3 is 6.09 Å². The van der Waals surface area contributed by atoms with Crippen molar-refractivity contribution in [1.82, 2.24) is 0 Å².